The van der Waals surface area contributed by atoms with Crippen LogP contribution in [0.4, 0.5) is 0 Å². The highest BCUT2D eigenvalue weighted by molar-refractivity contribution is 5.97. The summed E-state index contributed by atoms with van der Waals surface area (Å²) in [5, 5.41) is 2.89. The van der Waals surface area contributed by atoms with E-state index in [-0.39, 0.29) is 23.8 Å². The Morgan fingerprint density at radius 1 is 1.19 bits per heavy atom. The number of benzene rings is 1. The van der Waals surface area contributed by atoms with E-state index in [0.717, 1.165) is 18.4 Å². The van der Waals surface area contributed by atoms with Crippen LogP contribution in [0.3, 0.4) is 0 Å². The number of hydrogen-bond donors (Lipinski definition) is 1. The number of hydrogen-bond acceptors (Lipinski definition) is 2. The SMILES string of the molecule is CCCCN1C(=O)C(c2ccccc2)NC(=O)C1C(C)C. The molecule has 1 aromatic rings. The van der Waals surface area contributed by atoms with E-state index in [1.165, 1.54) is 0 Å². The Bertz CT molecular complexity index is 499. The molecule has 114 valence electrons. The van der Waals surface area contributed by atoms with Crippen molar-refractivity contribution in [3.05, 3.63) is 35.9 Å². The number of rotatable bonds is 5. The average molecular weight is 288 g/mol. The fourth-order valence-corrected chi connectivity index (χ4v) is 2.85. The van der Waals surface area contributed by atoms with E-state index in [1.807, 2.05) is 44.2 Å². The second-order valence-corrected chi connectivity index (χ2v) is 5.93. The third-order valence-electron chi connectivity index (χ3n) is 3.94. The van der Waals surface area contributed by atoms with Gasteiger partial charge in [-0.05, 0) is 17.9 Å². The number of amides is 2. The first-order valence-electron chi connectivity index (χ1n) is 7.72. The normalized spacial score (nSPS) is 22.6. The van der Waals surface area contributed by atoms with Crippen LogP contribution in [0.2, 0.25) is 0 Å². The maximum Gasteiger partial charge on any atom is 0.250 e. The van der Waals surface area contributed by atoms with Crippen LogP contribution in [0.25, 0.3) is 0 Å². The summed E-state index contributed by atoms with van der Waals surface area (Å²) < 4.78 is 0. The molecule has 1 fully saturated rings. The minimum Gasteiger partial charge on any atom is -0.339 e. The Morgan fingerprint density at radius 2 is 1.86 bits per heavy atom. The van der Waals surface area contributed by atoms with Crippen molar-refractivity contribution in [3.8, 4) is 0 Å². The van der Waals surface area contributed by atoms with E-state index in [0.29, 0.717) is 6.54 Å². The van der Waals surface area contributed by atoms with Crippen LogP contribution < -0.4 is 5.32 Å². The number of unbranched alkanes of at least 4 members (excludes halogenated alkanes) is 1. The Hall–Kier alpha value is -1.84. The summed E-state index contributed by atoms with van der Waals surface area (Å²) in [6, 6.07) is 8.55. The molecule has 2 rings (SSSR count). The van der Waals surface area contributed by atoms with Crippen molar-refractivity contribution < 1.29 is 9.59 Å². The summed E-state index contributed by atoms with van der Waals surface area (Å²) in [5.41, 5.74) is 0.847. The van der Waals surface area contributed by atoms with Gasteiger partial charge < -0.3 is 10.2 Å². The van der Waals surface area contributed by atoms with Gasteiger partial charge in [-0.25, -0.2) is 0 Å². The zero-order valence-corrected chi connectivity index (χ0v) is 13.0. The Labute approximate surface area is 126 Å². The van der Waals surface area contributed by atoms with Gasteiger partial charge in [-0.2, -0.15) is 0 Å². The van der Waals surface area contributed by atoms with Crippen molar-refractivity contribution in [2.75, 3.05) is 6.54 Å². The van der Waals surface area contributed by atoms with Gasteiger partial charge in [0.2, 0.25) is 11.8 Å². The number of carbonyl (C=O) groups excluding carboxylic acids is 2. The summed E-state index contributed by atoms with van der Waals surface area (Å²) in [5.74, 6) is 0.0741. The van der Waals surface area contributed by atoms with Crippen molar-refractivity contribution in [3.63, 3.8) is 0 Å². The van der Waals surface area contributed by atoms with Crippen molar-refractivity contribution >= 4 is 11.8 Å². The first kappa shape index (κ1) is 15.5. The van der Waals surface area contributed by atoms with E-state index in [1.54, 1.807) is 4.90 Å². The molecule has 0 spiro atoms. The highest BCUT2D eigenvalue weighted by Crippen LogP contribution is 2.25. The highest BCUT2D eigenvalue weighted by Gasteiger charge is 2.41. The highest BCUT2D eigenvalue weighted by atomic mass is 16.2. The van der Waals surface area contributed by atoms with Gasteiger partial charge in [0.05, 0.1) is 0 Å². The first-order chi connectivity index (χ1) is 10.1. The fraction of sp³-hybridized carbons (Fsp3) is 0.529. The molecule has 0 saturated carbocycles. The van der Waals surface area contributed by atoms with Crippen LogP contribution in [0.15, 0.2) is 30.3 Å². The topological polar surface area (TPSA) is 49.4 Å². The van der Waals surface area contributed by atoms with Gasteiger partial charge in [-0.15, -0.1) is 0 Å². The molecule has 1 aromatic carbocycles. The lowest BCUT2D eigenvalue weighted by Crippen LogP contribution is -2.61. The molecule has 4 nitrogen and oxygen atoms in total. The van der Waals surface area contributed by atoms with Crippen LogP contribution in [0.1, 0.15) is 45.2 Å². The Kier molecular flexibility index (Phi) is 4.99. The summed E-state index contributed by atoms with van der Waals surface area (Å²) in [6.07, 6.45) is 1.93. The van der Waals surface area contributed by atoms with Crippen LogP contribution in [-0.4, -0.2) is 29.3 Å². The number of nitrogens with zero attached hydrogens (tertiary/aromatic N) is 1. The van der Waals surface area contributed by atoms with Crippen molar-refractivity contribution in [2.24, 2.45) is 5.92 Å². The predicted octanol–water partition coefficient (Wildman–Crippen LogP) is 2.51. The lowest BCUT2D eigenvalue weighted by atomic mass is 9.94. The van der Waals surface area contributed by atoms with Crippen LogP contribution in [0.5, 0.6) is 0 Å². The first-order valence-corrected chi connectivity index (χ1v) is 7.72. The van der Waals surface area contributed by atoms with Crippen LogP contribution >= 0.6 is 0 Å². The van der Waals surface area contributed by atoms with Gasteiger partial charge >= 0.3 is 0 Å². The van der Waals surface area contributed by atoms with Gasteiger partial charge in [-0.1, -0.05) is 57.5 Å². The molecule has 1 heterocycles. The van der Waals surface area contributed by atoms with Gasteiger partial charge in [-0.3, -0.25) is 9.59 Å². The maximum atomic E-state index is 12.8. The Morgan fingerprint density at radius 3 is 2.43 bits per heavy atom. The quantitative estimate of drug-likeness (QED) is 0.905. The molecule has 1 aliphatic heterocycles. The fourth-order valence-electron chi connectivity index (χ4n) is 2.85. The monoisotopic (exact) mass is 288 g/mol. The molecule has 21 heavy (non-hydrogen) atoms. The molecule has 2 atom stereocenters. The third kappa shape index (κ3) is 3.26. The molecule has 4 heteroatoms. The van der Waals surface area contributed by atoms with Crippen LogP contribution in [-0.2, 0) is 9.59 Å². The second-order valence-electron chi connectivity index (χ2n) is 5.93. The summed E-state index contributed by atoms with van der Waals surface area (Å²) in [7, 11) is 0. The van der Waals surface area contributed by atoms with Gasteiger partial charge in [0.1, 0.15) is 12.1 Å². The standard InChI is InChI=1S/C17H24N2O2/c1-4-5-11-19-15(12(2)3)16(20)18-14(17(19)21)13-9-7-6-8-10-13/h6-10,12,14-15H,4-5,11H2,1-3H3,(H,18,20). The van der Waals surface area contributed by atoms with Gasteiger partial charge in [0.15, 0.2) is 0 Å². The molecule has 0 aromatic heterocycles. The third-order valence-corrected chi connectivity index (χ3v) is 3.94. The van der Waals surface area contributed by atoms with Crippen molar-refractivity contribution in [1.82, 2.24) is 10.2 Å². The number of carbonyl (C=O) groups is 2. The molecule has 0 radical (unpaired) electrons. The van der Waals surface area contributed by atoms with E-state index in [4.69, 9.17) is 0 Å². The molecule has 1 saturated heterocycles. The predicted molar refractivity (Wildman–Crippen MR) is 82.6 cm³/mol. The Balaban J connectivity index is 2.28. The average Bonchev–Trinajstić information content (AvgIpc) is 2.48. The van der Waals surface area contributed by atoms with E-state index in [2.05, 4.69) is 12.2 Å². The van der Waals surface area contributed by atoms with Gasteiger partial charge in [0, 0.05) is 6.54 Å². The van der Waals surface area contributed by atoms with E-state index >= 15 is 0 Å². The zero-order chi connectivity index (χ0) is 15.4. The molecule has 2 unspecified atom stereocenters. The summed E-state index contributed by atoms with van der Waals surface area (Å²) >= 11 is 0. The zero-order valence-electron chi connectivity index (χ0n) is 13.0. The maximum absolute atomic E-state index is 12.8. The lowest BCUT2D eigenvalue weighted by molar-refractivity contribution is -0.151. The molecule has 0 aliphatic carbocycles. The largest absolute Gasteiger partial charge is 0.339 e. The molecule has 0 bridgehead atoms. The smallest absolute Gasteiger partial charge is 0.250 e. The summed E-state index contributed by atoms with van der Waals surface area (Å²) in [4.78, 5) is 27.0. The second kappa shape index (κ2) is 6.74. The van der Waals surface area contributed by atoms with E-state index in [9.17, 15) is 9.59 Å². The number of nitrogens with one attached hydrogen (secondary N) is 1. The number of piperazine rings is 1. The van der Waals surface area contributed by atoms with E-state index < -0.39 is 6.04 Å². The molecular weight excluding hydrogens is 264 g/mol. The van der Waals surface area contributed by atoms with Crippen molar-refractivity contribution in [1.29, 1.82) is 0 Å². The minimum absolute atomic E-state index is 0.00736. The van der Waals surface area contributed by atoms with Gasteiger partial charge in [0.25, 0.3) is 0 Å². The summed E-state index contributed by atoms with van der Waals surface area (Å²) in [6.45, 7) is 6.71. The molecule has 1 aliphatic rings. The molecule has 1 N–H and O–H groups in total. The molecular formula is C17H24N2O2. The molecule has 2 amide bonds. The minimum atomic E-state index is -0.550. The van der Waals surface area contributed by atoms with Crippen molar-refractivity contribution in [2.45, 2.75) is 45.7 Å². The lowest BCUT2D eigenvalue weighted by Gasteiger charge is -2.41. The van der Waals surface area contributed by atoms with Crippen LogP contribution in [0, 0.1) is 5.92 Å².